The molecule has 0 radical (unpaired) electrons. The molecule has 2 aromatic heterocycles. The zero-order valence-electron chi connectivity index (χ0n) is 13.8. The van der Waals surface area contributed by atoms with Gasteiger partial charge in [-0.25, -0.2) is 9.97 Å². The standard InChI is InChI=1S/C16H17ClIN5O2/c1-3-4-5-16(18)22-14(24)13-9(2)6-10(15(25)23(13)16)21-12-7-11(17)19-8-20-12/h6-8H,3-5H2,1-2H3,(H,22,24)(H,19,20,21). The maximum Gasteiger partial charge on any atom is 0.277 e. The summed E-state index contributed by atoms with van der Waals surface area (Å²) in [4.78, 5) is 33.3. The first-order valence-corrected chi connectivity index (χ1v) is 9.34. The number of pyridine rings is 1. The molecule has 0 saturated carbocycles. The van der Waals surface area contributed by atoms with Gasteiger partial charge in [0.1, 0.15) is 28.7 Å². The molecule has 25 heavy (non-hydrogen) atoms. The zero-order chi connectivity index (χ0) is 18.2. The summed E-state index contributed by atoms with van der Waals surface area (Å²) < 4.78 is 0.787. The maximum absolute atomic E-state index is 13.1. The van der Waals surface area contributed by atoms with E-state index in [4.69, 9.17) is 11.6 Å². The second-order valence-electron chi connectivity index (χ2n) is 5.90. The van der Waals surface area contributed by atoms with Crippen molar-refractivity contribution < 1.29 is 4.79 Å². The molecule has 132 valence electrons. The molecule has 0 spiro atoms. The molecule has 0 fully saturated rings. The molecule has 1 aliphatic heterocycles. The van der Waals surface area contributed by atoms with Crippen LogP contribution in [0.5, 0.6) is 0 Å². The van der Waals surface area contributed by atoms with Gasteiger partial charge in [0.05, 0.1) is 0 Å². The fraction of sp³-hybridized carbons (Fsp3) is 0.375. The molecule has 7 nitrogen and oxygen atoms in total. The van der Waals surface area contributed by atoms with Crippen molar-refractivity contribution in [2.45, 2.75) is 36.8 Å². The van der Waals surface area contributed by atoms with Crippen molar-refractivity contribution in [2.75, 3.05) is 5.32 Å². The molecule has 1 atom stereocenters. The summed E-state index contributed by atoms with van der Waals surface area (Å²) in [7, 11) is 0. The van der Waals surface area contributed by atoms with Crippen molar-refractivity contribution in [1.29, 1.82) is 0 Å². The number of rotatable bonds is 5. The highest BCUT2D eigenvalue weighted by Crippen LogP contribution is 2.35. The van der Waals surface area contributed by atoms with Crippen LogP contribution < -0.4 is 16.2 Å². The van der Waals surface area contributed by atoms with Gasteiger partial charge in [0, 0.05) is 6.07 Å². The molecule has 1 unspecified atom stereocenters. The number of fused-ring (bicyclic) bond motifs is 1. The number of aryl methyl sites for hydroxylation is 1. The molecule has 0 aliphatic carbocycles. The van der Waals surface area contributed by atoms with E-state index in [1.54, 1.807) is 10.6 Å². The lowest BCUT2D eigenvalue weighted by Gasteiger charge is -2.25. The van der Waals surface area contributed by atoms with Crippen LogP contribution in [0.15, 0.2) is 23.3 Å². The lowest BCUT2D eigenvalue weighted by atomic mass is 10.1. The summed E-state index contributed by atoms with van der Waals surface area (Å²) in [6.45, 7) is 3.88. The van der Waals surface area contributed by atoms with Crippen molar-refractivity contribution >= 4 is 51.6 Å². The molecule has 0 bridgehead atoms. The Balaban J connectivity index is 2.09. The molecular formula is C16H17ClIN5O2. The maximum atomic E-state index is 13.1. The highest BCUT2D eigenvalue weighted by atomic mass is 127. The van der Waals surface area contributed by atoms with E-state index >= 15 is 0 Å². The first kappa shape index (κ1) is 18.1. The summed E-state index contributed by atoms with van der Waals surface area (Å²) in [6, 6.07) is 3.19. The quantitative estimate of drug-likeness (QED) is 0.301. The largest absolute Gasteiger partial charge is 0.336 e. The molecule has 1 amide bonds. The Morgan fingerprint density at radius 3 is 2.80 bits per heavy atom. The van der Waals surface area contributed by atoms with E-state index in [-0.39, 0.29) is 16.6 Å². The molecule has 9 heteroatoms. The van der Waals surface area contributed by atoms with Crippen molar-refractivity contribution in [3.05, 3.63) is 45.2 Å². The van der Waals surface area contributed by atoms with Gasteiger partial charge in [0.25, 0.3) is 11.5 Å². The summed E-state index contributed by atoms with van der Waals surface area (Å²) in [6.07, 6.45) is 3.86. The van der Waals surface area contributed by atoms with Crippen molar-refractivity contribution in [1.82, 2.24) is 19.9 Å². The van der Waals surface area contributed by atoms with E-state index in [1.807, 2.05) is 6.92 Å². The molecule has 1 aliphatic rings. The minimum Gasteiger partial charge on any atom is -0.336 e. The smallest absolute Gasteiger partial charge is 0.277 e. The average molecular weight is 474 g/mol. The highest BCUT2D eigenvalue weighted by molar-refractivity contribution is 14.1. The van der Waals surface area contributed by atoms with Gasteiger partial charge in [-0.2, -0.15) is 0 Å². The monoisotopic (exact) mass is 473 g/mol. The summed E-state index contributed by atoms with van der Waals surface area (Å²) in [5, 5.41) is 6.21. The fourth-order valence-corrected chi connectivity index (χ4v) is 4.10. The van der Waals surface area contributed by atoms with Crippen LogP contribution >= 0.6 is 34.2 Å². The second-order valence-corrected chi connectivity index (χ2v) is 8.07. The molecular weight excluding hydrogens is 457 g/mol. The van der Waals surface area contributed by atoms with Crippen molar-refractivity contribution in [2.24, 2.45) is 0 Å². The first-order chi connectivity index (χ1) is 11.9. The lowest BCUT2D eigenvalue weighted by molar-refractivity contribution is 0.0950. The van der Waals surface area contributed by atoms with E-state index in [2.05, 4.69) is 50.1 Å². The van der Waals surface area contributed by atoms with Crippen LogP contribution in [0.25, 0.3) is 0 Å². The number of unbranched alkanes of at least 4 members (excludes halogenated alkanes) is 1. The van der Waals surface area contributed by atoms with Crippen molar-refractivity contribution in [3.8, 4) is 0 Å². The second kappa shape index (κ2) is 6.91. The topological polar surface area (TPSA) is 88.9 Å². The number of anilines is 2. The van der Waals surface area contributed by atoms with Crippen LogP contribution in [0.3, 0.4) is 0 Å². The summed E-state index contributed by atoms with van der Waals surface area (Å²) >= 11 is 8.01. The van der Waals surface area contributed by atoms with Crippen molar-refractivity contribution in [3.63, 3.8) is 0 Å². The van der Waals surface area contributed by atoms with E-state index in [0.717, 1.165) is 18.4 Å². The number of alkyl halides is 1. The van der Waals surface area contributed by atoms with Gasteiger partial charge >= 0.3 is 0 Å². The number of aromatic nitrogens is 3. The number of nitrogens with zero attached hydrogens (tertiary/aromatic N) is 3. The van der Waals surface area contributed by atoms with Gasteiger partial charge < -0.3 is 10.6 Å². The Labute approximate surface area is 163 Å². The third-order valence-corrected chi connectivity index (χ3v) is 5.52. The Bertz CT molecular complexity index is 901. The van der Waals surface area contributed by atoms with Crippen LogP contribution in [-0.4, -0.2) is 20.4 Å². The molecule has 3 rings (SSSR count). The number of halogens is 2. The normalized spacial score (nSPS) is 18.8. The Morgan fingerprint density at radius 1 is 1.36 bits per heavy atom. The molecule has 0 saturated heterocycles. The number of nitrogens with one attached hydrogen (secondary N) is 2. The SMILES string of the molecule is CCCCC1(I)NC(=O)c2c(C)cc(Nc3cc(Cl)ncn3)c(=O)n21. The van der Waals surface area contributed by atoms with Crippen LogP contribution in [0, 0.1) is 6.92 Å². The zero-order valence-corrected chi connectivity index (χ0v) is 16.7. The average Bonchev–Trinajstić information content (AvgIpc) is 2.82. The summed E-state index contributed by atoms with van der Waals surface area (Å²) in [5.41, 5.74) is 1.18. The molecule has 3 heterocycles. The van der Waals surface area contributed by atoms with E-state index in [9.17, 15) is 9.59 Å². The number of carbonyl (C=O) groups excluding carboxylic acids is 1. The number of hydrogen-bond acceptors (Lipinski definition) is 5. The minimum atomic E-state index is -0.761. The van der Waals surface area contributed by atoms with E-state index in [0.29, 0.717) is 23.6 Å². The van der Waals surface area contributed by atoms with E-state index < -0.39 is 3.67 Å². The van der Waals surface area contributed by atoms with Gasteiger partial charge in [-0.05, 0) is 54.0 Å². The molecule has 0 aromatic carbocycles. The van der Waals surface area contributed by atoms with Gasteiger partial charge in [-0.15, -0.1) is 0 Å². The Hall–Kier alpha value is -1.68. The number of amides is 1. The van der Waals surface area contributed by atoms with Crippen LogP contribution in [0.2, 0.25) is 5.15 Å². The fourth-order valence-electron chi connectivity index (χ4n) is 2.87. The third kappa shape index (κ3) is 3.37. The van der Waals surface area contributed by atoms with E-state index in [1.165, 1.54) is 12.4 Å². The predicted octanol–water partition coefficient (Wildman–Crippen LogP) is 3.32. The summed E-state index contributed by atoms with van der Waals surface area (Å²) in [5.74, 6) is 0.193. The third-order valence-electron chi connectivity index (χ3n) is 4.02. The number of hydrogen-bond donors (Lipinski definition) is 2. The Morgan fingerprint density at radius 2 is 2.12 bits per heavy atom. The minimum absolute atomic E-state index is 0.225. The molecule has 2 N–H and O–H groups in total. The van der Waals surface area contributed by atoms with Crippen LogP contribution in [0.1, 0.15) is 42.2 Å². The van der Waals surface area contributed by atoms with Gasteiger partial charge in [0.15, 0.2) is 3.67 Å². The number of carbonyl (C=O) groups is 1. The highest BCUT2D eigenvalue weighted by Gasteiger charge is 2.42. The Kier molecular flexibility index (Phi) is 5.01. The lowest BCUT2D eigenvalue weighted by Crippen LogP contribution is -2.42. The van der Waals surface area contributed by atoms with Gasteiger partial charge in [-0.3, -0.25) is 14.2 Å². The van der Waals surface area contributed by atoms with Crippen LogP contribution in [-0.2, 0) is 3.67 Å². The van der Waals surface area contributed by atoms with Gasteiger partial charge in [-0.1, -0.05) is 24.9 Å². The first-order valence-electron chi connectivity index (χ1n) is 7.89. The van der Waals surface area contributed by atoms with Crippen LogP contribution in [0.4, 0.5) is 11.5 Å². The predicted molar refractivity (Wildman–Crippen MR) is 105 cm³/mol. The van der Waals surface area contributed by atoms with Gasteiger partial charge in [0.2, 0.25) is 0 Å². The molecule has 2 aromatic rings.